The third-order valence-corrected chi connectivity index (χ3v) is 4.69. The number of carbonyl (C=O) groups is 2. The van der Waals surface area contributed by atoms with Gasteiger partial charge in [0.05, 0.1) is 12.0 Å². The number of rotatable bonds is 4. The number of aliphatic carboxylic acids is 1. The average molecular weight is 367 g/mol. The second-order valence-electron chi connectivity index (χ2n) is 4.91. The van der Waals surface area contributed by atoms with Gasteiger partial charge in [0.1, 0.15) is 24.1 Å². The SMILES string of the molecule is COc1cc(/C=C2\SC(=S)N(CC(=O)O)C2=O)cc2c1OCCO2. The summed E-state index contributed by atoms with van der Waals surface area (Å²) >= 11 is 6.13. The number of carbonyl (C=O) groups excluding carboxylic acids is 1. The van der Waals surface area contributed by atoms with Crippen molar-refractivity contribution >= 4 is 46.3 Å². The van der Waals surface area contributed by atoms with Gasteiger partial charge in [-0.15, -0.1) is 0 Å². The third kappa shape index (κ3) is 3.17. The number of thiocarbonyl (C=S) groups is 1. The van der Waals surface area contributed by atoms with Gasteiger partial charge in [-0.05, 0) is 23.8 Å². The molecular formula is C15H13NO6S2. The molecule has 1 aromatic carbocycles. The fraction of sp³-hybridized carbons (Fsp3) is 0.267. The maximum Gasteiger partial charge on any atom is 0.323 e. The van der Waals surface area contributed by atoms with Gasteiger partial charge >= 0.3 is 5.97 Å². The lowest BCUT2D eigenvalue weighted by molar-refractivity contribution is -0.140. The van der Waals surface area contributed by atoms with Crippen molar-refractivity contribution in [3.05, 3.63) is 22.6 Å². The van der Waals surface area contributed by atoms with Crippen LogP contribution in [0.5, 0.6) is 17.2 Å². The van der Waals surface area contributed by atoms with Crippen LogP contribution in [0.3, 0.4) is 0 Å². The lowest BCUT2D eigenvalue weighted by atomic mass is 10.1. The normalized spacial score (nSPS) is 18.2. The fourth-order valence-electron chi connectivity index (χ4n) is 2.30. The van der Waals surface area contributed by atoms with E-state index >= 15 is 0 Å². The molecule has 0 saturated carbocycles. The third-order valence-electron chi connectivity index (χ3n) is 3.32. The van der Waals surface area contributed by atoms with Crippen LogP contribution in [0, 0.1) is 0 Å². The van der Waals surface area contributed by atoms with Crippen LogP contribution >= 0.6 is 24.0 Å². The van der Waals surface area contributed by atoms with Gasteiger partial charge in [0.25, 0.3) is 5.91 Å². The zero-order valence-corrected chi connectivity index (χ0v) is 14.2. The highest BCUT2D eigenvalue weighted by molar-refractivity contribution is 8.26. The largest absolute Gasteiger partial charge is 0.493 e. The van der Waals surface area contributed by atoms with E-state index in [1.54, 1.807) is 18.2 Å². The van der Waals surface area contributed by atoms with Crippen molar-refractivity contribution in [3.8, 4) is 17.2 Å². The number of carboxylic acids is 1. The van der Waals surface area contributed by atoms with Crippen molar-refractivity contribution in [3.63, 3.8) is 0 Å². The zero-order chi connectivity index (χ0) is 17.3. The molecule has 2 aliphatic rings. The summed E-state index contributed by atoms with van der Waals surface area (Å²) in [7, 11) is 1.52. The maximum absolute atomic E-state index is 12.3. The first-order chi connectivity index (χ1) is 11.5. The van der Waals surface area contributed by atoms with Crippen molar-refractivity contribution in [1.82, 2.24) is 4.90 Å². The maximum atomic E-state index is 12.3. The van der Waals surface area contributed by atoms with Gasteiger partial charge in [0.2, 0.25) is 5.75 Å². The molecule has 0 aliphatic carbocycles. The van der Waals surface area contributed by atoms with Crippen molar-refractivity contribution in [2.45, 2.75) is 0 Å². The van der Waals surface area contributed by atoms with Crippen LogP contribution in [0.4, 0.5) is 0 Å². The predicted molar refractivity (Wildman–Crippen MR) is 91.5 cm³/mol. The number of nitrogens with zero attached hydrogens (tertiary/aromatic N) is 1. The molecule has 126 valence electrons. The fourth-order valence-corrected chi connectivity index (χ4v) is 3.55. The topological polar surface area (TPSA) is 85.3 Å². The molecule has 1 amide bonds. The van der Waals surface area contributed by atoms with Crippen molar-refractivity contribution in [2.75, 3.05) is 26.9 Å². The Bertz CT molecular complexity index is 743. The van der Waals surface area contributed by atoms with Crippen LogP contribution in [0.25, 0.3) is 6.08 Å². The molecule has 1 saturated heterocycles. The number of hydrogen-bond acceptors (Lipinski definition) is 7. The summed E-state index contributed by atoms with van der Waals surface area (Å²) in [5.74, 6) is 0.0152. The highest BCUT2D eigenvalue weighted by Crippen LogP contribution is 2.42. The molecule has 3 rings (SSSR count). The van der Waals surface area contributed by atoms with Crippen molar-refractivity contribution in [2.24, 2.45) is 0 Å². The summed E-state index contributed by atoms with van der Waals surface area (Å²) in [5, 5.41) is 8.86. The first-order valence-corrected chi connectivity index (χ1v) is 8.17. The second kappa shape index (κ2) is 6.70. The van der Waals surface area contributed by atoms with Crippen LogP contribution < -0.4 is 14.2 Å². The average Bonchev–Trinajstić information content (AvgIpc) is 2.81. The molecule has 0 unspecified atom stereocenters. The highest BCUT2D eigenvalue weighted by Gasteiger charge is 2.33. The minimum Gasteiger partial charge on any atom is -0.493 e. The quantitative estimate of drug-likeness (QED) is 0.636. The molecular weight excluding hydrogens is 354 g/mol. The summed E-state index contributed by atoms with van der Waals surface area (Å²) in [4.78, 5) is 24.5. The molecule has 1 aromatic rings. The van der Waals surface area contributed by atoms with Gasteiger partial charge in [0.15, 0.2) is 11.5 Å². The van der Waals surface area contributed by atoms with Gasteiger partial charge in [-0.3, -0.25) is 14.5 Å². The van der Waals surface area contributed by atoms with Crippen LogP contribution in [0.15, 0.2) is 17.0 Å². The van der Waals surface area contributed by atoms with Gasteiger partial charge in [-0.2, -0.15) is 0 Å². The van der Waals surface area contributed by atoms with E-state index in [-0.39, 0.29) is 4.32 Å². The van der Waals surface area contributed by atoms with E-state index in [2.05, 4.69) is 0 Å². The molecule has 0 radical (unpaired) electrons. The van der Waals surface area contributed by atoms with Crippen LogP contribution in [0.1, 0.15) is 5.56 Å². The van der Waals surface area contributed by atoms with E-state index in [1.165, 1.54) is 7.11 Å². The van der Waals surface area contributed by atoms with Gasteiger partial charge in [-0.1, -0.05) is 24.0 Å². The summed E-state index contributed by atoms with van der Waals surface area (Å²) < 4.78 is 16.6. The Morgan fingerprint density at radius 2 is 2.21 bits per heavy atom. The number of hydrogen-bond donors (Lipinski definition) is 1. The molecule has 1 N–H and O–H groups in total. The number of methoxy groups -OCH3 is 1. The summed E-state index contributed by atoms with van der Waals surface area (Å²) in [5.41, 5.74) is 0.673. The van der Waals surface area contributed by atoms with E-state index in [0.717, 1.165) is 16.7 Å². The van der Waals surface area contributed by atoms with Crippen molar-refractivity contribution < 1.29 is 28.9 Å². The minimum atomic E-state index is -1.12. The molecule has 2 aliphatic heterocycles. The minimum absolute atomic E-state index is 0.221. The standard InChI is InChI=1S/C15H13NO6S2/c1-20-9-4-8(5-10-13(9)22-3-2-21-10)6-11-14(19)16(7-12(17)18)15(23)24-11/h4-6H,2-3,7H2,1H3,(H,17,18)/b11-6-. The Morgan fingerprint density at radius 3 is 2.92 bits per heavy atom. The van der Waals surface area contributed by atoms with E-state index < -0.39 is 18.4 Å². The highest BCUT2D eigenvalue weighted by atomic mass is 32.2. The molecule has 2 heterocycles. The first kappa shape index (κ1) is 16.6. The van der Waals surface area contributed by atoms with Gasteiger partial charge in [-0.25, -0.2) is 0 Å². The number of fused-ring (bicyclic) bond motifs is 1. The molecule has 0 bridgehead atoms. The Kier molecular flexibility index (Phi) is 4.63. The number of amides is 1. The smallest absolute Gasteiger partial charge is 0.323 e. The second-order valence-corrected chi connectivity index (χ2v) is 6.58. The van der Waals surface area contributed by atoms with Crippen molar-refractivity contribution in [1.29, 1.82) is 0 Å². The van der Waals surface area contributed by atoms with Crippen LogP contribution in [-0.2, 0) is 9.59 Å². The Balaban J connectivity index is 1.93. The predicted octanol–water partition coefficient (Wildman–Crippen LogP) is 1.75. The summed E-state index contributed by atoms with van der Waals surface area (Å²) in [6.07, 6.45) is 1.63. The summed E-state index contributed by atoms with van der Waals surface area (Å²) in [6, 6.07) is 3.46. The van der Waals surface area contributed by atoms with E-state index in [0.29, 0.717) is 40.9 Å². The first-order valence-electron chi connectivity index (χ1n) is 6.94. The zero-order valence-electron chi connectivity index (χ0n) is 12.6. The number of benzene rings is 1. The van der Waals surface area contributed by atoms with Gasteiger partial charge in [0, 0.05) is 0 Å². The number of ether oxygens (including phenoxy) is 3. The van der Waals surface area contributed by atoms with E-state index in [4.69, 9.17) is 31.5 Å². The number of thioether (sulfide) groups is 1. The Morgan fingerprint density at radius 1 is 1.46 bits per heavy atom. The molecule has 0 atom stereocenters. The van der Waals surface area contributed by atoms with Crippen LogP contribution in [0.2, 0.25) is 0 Å². The molecule has 0 spiro atoms. The molecule has 0 aromatic heterocycles. The monoisotopic (exact) mass is 367 g/mol. The summed E-state index contributed by atoms with van der Waals surface area (Å²) in [6.45, 7) is 0.420. The lowest BCUT2D eigenvalue weighted by Crippen LogP contribution is -2.33. The van der Waals surface area contributed by atoms with Gasteiger partial charge < -0.3 is 19.3 Å². The molecule has 1 fully saturated rings. The molecule has 24 heavy (non-hydrogen) atoms. The molecule has 9 heteroatoms. The lowest BCUT2D eigenvalue weighted by Gasteiger charge is -2.21. The molecule has 7 nitrogen and oxygen atoms in total. The van der Waals surface area contributed by atoms with E-state index in [1.807, 2.05) is 0 Å². The Labute approximate surface area is 147 Å². The van der Waals surface area contributed by atoms with Crippen LogP contribution in [-0.4, -0.2) is 53.1 Å². The number of carboxylic acid groups (broad SMARTS) is 1. The Hall–Kier alpha value is -2.26. The van der Waals surface area contributed by atoms with E-state index in [9.17, 15) is 9.59 Å².